The Morgan fingerprint density at radius 2 is 1.58 bits per heavy atom. The molecule has 2 aromatic carbocycles. The second-order valence-electron chi connectivity index (χ2n) is 5.89. The predicted molar refractivity (Wildman–Crippen MR) is 97.6 cm³/mol. The minimum atomic E-state index is -0.228. The summed E-state index contributed by atoms with van der Waals surface area (Å²) in [5, 5.41) is 0. The van der Waals surface area contributed by atoms with Crippen LogP contribution in [0.1, 0.15) is 17.4 Å². The average Bonchev–Trinajstić information content (AvgIpc) is 3.14. The number of benzene rings is 2. The first-order chi connectivity index (χ1) is 12.8. The standard InChI is InChI=1S/C21H18N2O3/c1-15-7-10-19(14-22-15)25-21-13-20(26-23-21)16-8-11-18(12-9-16)24-17-5-3-2-4-6-17/h2-14,20,23H,1H3/t20-/m0/s1. The van der Waals surface area contributed by atoms with Gasteiger partial charge in [0.05, 0.1) is 6.20 Å². The van der Waals surface area contributed by atoms with Crippen LogP contribution < -0.4 is 15.0 Å². The summed E-state index contributed by atoms with van der Waals surface area (Å²) in [6.45, 7) is 1.93. The van der Waals surface area contributed by atoms with Gasteiger partial charge in [0.15, 0.2) is 0 Å². The molecule has 0 unspecified atom stereocenters. The predicted octanol–water partition coefficient (Wildman–Crippen LogP) is 4.68. The van der Waals surface area contributed by atoms with Crippen LogP contribution in [0.25, 0.3) is 0 Å². The van der Waals surface area contributed by atoms with E-state index in [4.69, 9.17) is 14.3 Å². The fourth-order valence-corrected chi connectivity index (χ4v) is 2.54. The minimum absolute atomic E-state index is 0.228. The molecule has 0 saturated heterocycles. The van der Waals surface area contributed by atoms with Crippen molar-refractivity contribution in [3.8, 4) is 17.2 Å². The van der Waals surface area contributed by atoms with Gasteiger partial charge in [0.25, 0.3) is 0 Å². The minimum Gasteiger partial charge on any atom is -0.457 e. The average molecular weight is 346 g/mol. The monoisotopic (exact) mass is 346 g/mol. The number of nitrogens with zero attached hydrogens (tertiary/aromatic N) is 1. The summed E-state index contributed by atoms with van der Waals surface area (Å²) in [7, 11) is 0. The van der Waals surface area contributed by atoms with Crippen LogP contribution in [-0.2, 0) is 4.84 Å². The van der Waals surface area contributed by atoms with Crippen molar-refractivity contribution in [1.82, 2.24) is 10.5 Å². The lowest BCUT2D eigenvalue weighted by atomic mass is 10.1. The van der Waals surface area contributed by atoms with E-state index in [-0.39, 0.29) is 6.10 Å². The number of ether oxygens (including phenoxy) is 2. The van der Waals surface area contributed by atoms with Crippen LogP contribution in [0.4, 0.5) is 0 Å². The molecule has 1 N–H and O–H groups in total. The number of hydrogen-bond acceptors (Lipinski definition) is 5. The largest absolute Gasteiger partial charge is 0.457 e. The van der Waals surface area contributed by atoms with Crippen LogP contribution in [-0.4, -0.2) is 4.98 Å². The molecule has 2 heterocycles. The number of hydroxylamine groups is 1. The topological polar surface area (TPSA) is 52.6 Å². The molecular formula is C21H18N2O3. The summed E-state index contributed by atoms with van der Waals surface area (Å²) >= 11 is 0. The number of rotatable bonds is 5. The number of pyridine rings is 1. The highest BCUT2D eigenvalue weighted by molar-refractivity contribution is 5.35. The van der Waals surface area contributed by atoms with Crippen molar-refractivity contribution in [3.63, 3.8) is 0 Å². The molecule has 0 aliphatic carbocycles. The van der Waals surface area contributed by atoms with E-state index in [2.05, 4.69) is 10.5 Å². The van der Waals surface area contributed by atoms with Gasteiger partial charge in [-0.25, -0.2) is 5.48 Å². The van der Waals surface area contributed by atoms with Gasteiger partial charge in [-0.15, -0.1) is 0 Å². The second-order valence-corrected chi connectivity index (χ2v) is 5.89. The Hall–Kier alpha value is -3.31. The molecule has 1 aromatic heterocycles. The highest BCUT2D eigenvalue weighted by Crippen LogP contribution is 2.28. The summed E-state index contributed by atoms with van der Waals surface area (Å²) < 4.78 is 11.5. The van der Waals surface area contributed by atoms with Gasteiger partial charge in [-0.2, -0.15) is 0 Å². The van der Waals surface area contributed by atoms with E-state index in [0.717, 1.165) is 22.8 Å². The summed E-state index contributed by atoms with van der Waals surface area (Å²) in [5.74, 6) is 2.79. The molecule has 130 valence electrons. The first-order valence-corrected chi connectivity index (χ1v) is 8.33. The smallest absolute Gasteiger partial charge is 0.216 e. The summed E-state index contributed by atoms with van der Waals surface area (Å²) in [6, 6.07) is 21.2. The number of aromatic nitrogens is 1. The zero-order valence-electron chi connectivity index (χ0n) is 14.3. The molecule has 0 amide bonds. The van der Waals surface area contributed by atoms with Crippen molar-refractivity contribution in [2.45, 2.75) is 13.0 Å². The maximum Gasteiger partial charge on any atom is 0.216 e. The van der Waals surface area contributed by atoms with Crippen LogP contribution in [0.3, 0.4) is 0 Å². The first kappa shape index (κ1) is 16.2. The third-order valence-corrected chi connectivity index (χ3v) is 3.89. The molecule has 0 saturated carbocycles. The number of aryl methyl sites for hydroxylation is 1. The van der Waals surface area contributed by atoms with Crippen LogP contribution in [0.2, 0.25) is 0 Å². The molecule has 1 aliphatic rings. The summed E-state index contributed by atoms with van der Waals surface area (Å²) in [6.07, 6.45) is 3.34. The lowest BCUT2D eigenvalue weighted by Crippen LogP contribution is -2.12. The van der Waals surface area contributed by atoms with Gasteiger partial charge >= 0.3 is 0 Å². The van der Waals surface area contributed by atoms with Crippen LogP contribution in [0.5, 0.6) is 17.2 Å². The van der Waals surface area contributed by atoms with Gasteiger partial charge in [0.2, 0.25) is 5.88 Å². The summed E-state index contributed by atoms with van der Waals surface area (Å²) in [5.41, 5.74) is 4.74. The molecule has 5 heteroatoms. The molecule has 0 radical (unpaired) electrons. The molecule has 0 spiro atoms. The Labute approximate surface area is 151 Å². The molecule has 5 nitrogen and oxygen atoms in total. The number of para-hydroxylation sites is 1. The van der Waals surface area contributed by atoms with Crippen molar-refractivity contribution in [2.24, 2.45) is 0 Å². The van der Waals surface area contributed by atoms with E-state index in [1.165, 1.54) is 0 Å². The zero-order chi connectivity index (χ0) is 17.8. The molecular weight excluding hydrogens is 328 g/mol. The fourth-order valence-electron chi connectivity index (χ4n) is 2.54. The molecule has 0 fully saturated rings. The Balaban J connectivity index is 1.41. The van der Waals surface area contributed by atoms with Crippen LogP contribution in [0, 0.1) is 6.92 Å². The highest BCUT2D eigenvalue weighted by Gasteiger charge is 2.20. The molecule has 0 bridgehead atoms. The maximum absolute atomic E-state index is 5.80. The van der Waals surface area contributed by atoms with Gasteiger partial charge in [-0.3, -0.25) is 9.82 Å². The van der Waals surface area contributed by atoms with E-state index in [0.29, 0.717) is 11.6 Å². The van der Waals surface area contributed by atoms with Crippen LogP contribution in [0.15, 0.2) is 84.9 Å². The van der Waals surface area contributed by atoms with E-state index in [9.17, 15) is 0 Å². The third-order valence-electron chi connectivity index (χ3n) is 3.89. The first-order valence-electron chi connectivity index (χ1n) is 8.33. The van der Waals surface area contributed by atoms with Crippen molar-refractivity contribution in [2.75, 3.05) is 0 Å². The number of hydrogen-bond donors (Lipinski definition) is 1. The lowest BCUT2D eigenvalue weighted by molar-refractivity contribution is 0.0273. The van der Waals surface area contributed by atoms with Crippen molar-refractivity contribution >= 4 is 0 Å². The Morgan fingerprint density at radius 3 is 2.31 bits per heavy atom. The Kier molecular flexibility index (Phi) is 4.53. The van der Waals surface area contributed by atoms with Gasteiger partial charge < -0.3 is 9.47 Å². The van der Waals surface area contributed by atoms with E-state index >= 15 is 0 Å². The lowest BCUT2D eigenvalue weighted by Gasteiger charge is -2.09. The normalized spacial score (nSPS) is 15.9. The SMILES string of the molecule is Cc1ccc(OC2=C[C@@H](c3ccc(Oc4ccccc4)cc3)ON2)cn1. The van der Waals surface area contributed by atoms with Gasteiger partial charge in [-0.05, 0) is 48.9 Å². The number of nitrogens with one attached hydrogen (secondary N) is 1. The Bertz CT molecular complexity index is 891. The van der Waals surface area contributed by atoms with E-state index in [1.54, 1.807) is 6.20 Å². The maximum atomic E-state index is 5.80. The molecule has 1 atom stereocenters. The van der Waals surface area contributed by atoms with Gasteiger partial charge in [-0.1, -0.05) is 30.3 Å². The quantitative estimate of drug-likeness (QED) is 0.727. The van der Waals surface area contributed by atoms with Crippen LogP contribution >= 0.6 is 0 Å². The van der Waals surface area contributed by atoms with Gasteiger partial charge in [0.1, 0.15) is 23.4 Å². The van der Waals surface area contributed by atoms with E-state index in [1.807, 2.05) is 79.7 Å². The summed E-state index contributed by atoms with van der Waals surface area (Å²) in [4.78, 5) is 9.78. The van der Waals surface area contributed by atoms with Crippen molar-refractivity contribution in [1.29, 1.82) is 0 Å². The Morgan fingerprint density at radius 1 is 0.846 bits per heavy atom. The van der Waals surface area contributed by atoms with E-state index < -0.39 is 0 Å². The zero-order valence-corrected chi connectivity index (χ0v) is 14.3. The molecule has 1 aliphatic heterocycles. The second kappa shape index (κ2) is 7.29. The highest BCUT2D eigenvalue weighted by atomic mass is 16.7. The van der Waals surface area contributed by atoms with Crippen molar-refractivity contribution < 1.29 is 14.3 Å². The van der Waals surface area contributed by atoms with Gasteiger partial charge in [0, 0.05) is 11.8 Å². The molecule has 4 rings (SSSR count). The fraction of sp³-hybridized carbons (Fsp3) is 0.0952. The third kappa shape index (κ3) is 3.84. The molecule has 3 aromatic rings. The van der Waals surface area contributed by atoms with Crippen molar-refractivity contribution in [3.05, 3.63) is 96.1 Å². The molecule has 26 heavy (non-hydrogen) atoms.